The molecule has 5 nitrogen and oxygen atoms in total. The van der Waals surface area contributed by atoms with Crippen molar-refractivity contribution < 1.29 is 19.0 Å². The van der Waals surface area contributed by atoms with Crippen LogP contribution in [-0.2, 0) is 17.4 Å². The van der Waals surface area contributed by atoms with Crippen LogP contribution in [0.2, 0.25) is 0 Å². The molecule has 1 heterocycles. The fraction of sp³-hybridized carbons (Fsp3) is 0.394. The average Bonchev–Trinajstić information content (AvgIpc) is 2.85. The number of aliphatic hydroxyl groups is 1. The Morgan fingerprint density at radius 1 is 1.03 bits per heavy atom. The van der Waals surface area contributed by atoms with Crippen molar-refractivity contribution in [1.82, 2.24) is 4.57 Å². The summed E-state index contributed by atoms with van der Waals surface area (Å²) in [5.41, 5.74) is 3.87. The van der Waals surface area contributed by atoms with Crippen LogP contribution in [0.1, 0.15) is 81.2 Å². The van der Waals surface area contributed by atoms with Gasteiger partial charge >= 0.3 is 0 Å². The second-order valence-corrected chi connectivity index (χ2v) is 10.8. The van der Waals surface area contributed by atoms with Crippen LogP contribution in [0.25, 0.3) is 17.2 Å². The smallest absolute Gasteiger partial charge is 0.253 e. The number of carbonyl (C=O) groups is 1. The number of hydrogen-bond donors (Lipinski definition) is 1. The van der Waals surface area contributed by atoms with Crippen LogP contribution >= 0.6 is 0 Å². The summed E-state index contributed by atoms with van der Waals surface area (Å²) in [6.07, 6.45) is 6.18. The van der Waals surface area contributed by atoms with Gasteiger partial charge in [-0.15, -0.1) is 0 Å². The van der Waals surface area contributed by atoms with Gasteiger partial charge in [0.25, 0.3) is 5.56 Å². The fourth-order valence-electron chi connectivity index (χ4n) is 4.81. The lowest BCUT2D eigenvalue weighted by Gasteiger charge is -2.23. The maximum Gasteiger partial charge on any atom is 0.253 e. The van der Waals surface area contributed by atoms with Crippen LogP contribution in [-0.4, -0.2) is 15.5 Å². The van der Waals surface area contributed by atoms with Gasteiger partial charge in [-0.05, 0) is 106 Å². The van der Waals surface area contributed by atoms with Crippen molar-refractivity contribution in [3.8, 4) is 22.6 Å². The number of aromatic nitrogens is 1. The molecule has 0 amide bonds. The van der Waals surface area contributed by atoms with Gasteiger partial charge in [-0.25, -0.2) is 4.39 Å². The molecule has 0 aliphatic rings. The molecular formula is C33H40FNO4. The Hall–Kier alpha value is -3.51. The summed E-state index contributed by atoms with van der Waals surface area (Å²) in [4.78, 5) is 26.1. The van der Waals surface area contributed by atoms with E-state index in [0.717, 1.165) is 12.8 Å². The summed E-state index contributed by atoms with van der Waals surface area (Å²) < 4.78 is 22.0. The highest BCUT2D eigenvalue weighted by Crippen LogP contribution is 2.40. The van der Waals surface area contributed by atoms with E-state index in [1.807, 2.05) is 26.0 Å². The number of carbonyl (C=O) groups excluding carboxylic acids is 1. The number of ether oxygens (including phenoxy) is 1. The standard InChI is InChI=1S/C33H40FNO4/c1-9-11-23(29(36)12-10-2)17-26-22(5)32(37)35(8)19-28(26)27-18-24(33(6,7)38)13-14-30(27)39-31-20(3)15-25(34)16-21(31)4/h13-19,38H,9-12H2,1-8H3/b23-17+. The van der Waals surface area contributed by atoms with Gasteiger partial charge in [0.1, 0.15) is 17.3 Å². The lowest BCUT2D eigenvalue weighted by molar-refractivity contribution is -0.115. The van der Waals surface area contributed by atoms with E-state index < -0.39 is 5.60 Å². The molecule has 1 aromatic heterocycles. The molecule has 0 unspecified atom stereocenters. The molecule has 0 aliphatic heterocycles. The van der Waals surface area contributed by atoms with E-state index in [1.165, 1.54) is 16.7 Å². The molecule has 0 radical (unpaired) electrons. The summed E-state index contributed by atoms with van der Waals surface area (Å²) in [6, 6.07) is 8.29. The number of benzene rings is 2. The number of nitrogens with zero attached hydrogens (tertiary/aromatic N) is 1. The van der Waals surface area contributed by atoms with Gasteiger partial charge in [-0.3, -0.25) is 9.59 Å². The number of pyridine rings is 1. The van der Waals surface area contributed by atoms with E-state index in [-0.39, 0.29) is 17.2 Å². The zero-order valence-electron chi connectivity index (χ0n) is 24.4. The van der Waals surface area contributed by atoms with Gasteiger partial charge in [0, 0.05) is 36.4 Å². The van der Waals surface area contributed by atoms with E-state index in [2.05, 4.69) is 0 Å². The highest BCUT2D eigenvalue weighted by Gasteiger charge is 2.23. The Morgan fingerprint density at radius 3 is 2.21 bits per heavy atom. The third-order valence-electron chi connectivity index (χ3n) is 6.94. The summed E-state index contributed by atoms with van der Waals surface area (Å²) in [5.74, 6) is 0.767. The van der Waals surface area contributed by atoms with Gasteiger partial charge in [-0.2, -0.15) is 0 Å². The Bertz CT molecular complexity index is 1450. The Balaban J connectivity index is 2.38. The first-order valence-corrected chi connectivity index (χ1v) is 13.5. The predicted octanol–water partition coefficient (Wildman–Crippen LogP) is 7.69. The Labute approximate surface area is 231 Å². The van der Waals surface area contributed by atoms with Crippen molar-refractivity contribution in [3.63, 3.8) is 0 Å². The third kappa shape index (κ3) is 6.74. The molecule has 3 aromatic rings. The van der Waals surface area contributed by atoms with Gasteiger partial charge in [-0.1, -0.05) is 26.3 Å². The number of rotatable bonds is 10. The summed E-state index contributed by atoms with van der Waals surface area (Å²) in [5, 5.41) is 10.8. The first-order valence-electron chi connectivity index (χ1n) is 13.5. The molecule has 2 aromatic carbocycles. The maximum atomic E-state index is 14.0. The quantitative estimate of drug-likeness (QED) is 0.271. The van der Waals surface area contributed by atoms with Crippen molar-refractivity contribution in [2.45, 2.75) is 79.8 Å². The normalized spacial score (nSPS) is 12.1. The van der Waals surface area contributed by atoms with E-state index in [1.54, 1.807) is 60.0 Å². The molecule has 0 atom stereocenters. The largest absolute Gasteiger partial charge is 0.456 e. The minimum atomic E-state index is -1.13. The van der Waals surface area contributed by atoms with E-state index in [9.17, 15) is 19.1 Å². The molecule has 1 N–H and O–H groups in total. The average molecular weight is 534 g/mol. The number of Topliss-reactive ketones (excluding diaryl/α,β-unsaturated/α-hetero) is 1. The van der Waals surface area contributed by atoms with Crippen LogP contribution in [0.4, 0.5) is 4.39 Å². The minimum absolute atomic E-state index is 0.0738. The second-order valence-electron chi connectivity index (χ2n) is 10.8. The summed E-state index contributed by atoms with van der Waals surface area (Å²) >= 11 is 0. The molecule has 208 valence electrons. The molecule has 0 saturated carbocycles. The Kier molecular flexibility index (Phi) is 9.34. The molecule has 0 bridgehead atoms. The zero-order chi connectivity index (χ0) is 29.1. The molecule has 0 spiro atoms. The summed E-state index contributed by atoms with van der Waals surface area (Å²) in [6.45, 7) is 12.8. The highest BCUT2D eigenvalue weighted by atomic mass is 19.1. The lowest BCUT2D eigenvalue weighted by atomic mass is 9.90. The van der Waals surface area contributed by atoms with E-state index >= 15 is 0 Å². The van der Waals surface area contributed by atoms with Gasteiger partial charge < -0.3 is 14.4 Å². The van der Waals surface area contributed by atoms with Crippen LogP contribution in [0, 0.1) is 26.6 Å². The van der Waals surface area contributed by atoms with Crippen LogP contribution in [0.3, 0.4) is 0 Å². The topological polar surface area (TPSA) is 68.5 Å². The number of ketones is 1. The van der Waals surface area contributed by atoms with Crippen LogP contribution < -0.4 is 10.3 Å². The van der Waals surface area contributed by atoms with E-state index in [4.69, 9.17) is 4.74 Å². The predicted molar refractivity (Wildman–Crippen MR) is 156 cm³/mol. The van der Waals surface area contributed by atoms with Crippen LogP contribution in [0.15, 0.2) is 46.9 Å². The first kappa shape index (κ1) is 30.0. The minimum Gasteiger partial charge on any atom is -0.456 e. The molecule has 6 heteroatoms. The molecule has 0 fully saturated rings. The van der Waals surface area contributed by atoms with Crippen molar-refractivity contribution in [3.05, 3.63) is 86.1 Å². The SMILES string of the molecule is CCCC(=O)/C(=C/c1c(-c2cc(C(C)(C)O)ccc2Oc2c(C)cc(F)cc2C)cn(C)c(=O)c1C)CCC. The number of hydrogen-bond acceptors (Lipinski definition) is 4. The molecule has 39 heavy (non-hydrogen) atoms. The third-order valence-corrected chi connectivity index (χ3v) is 6.94. The van der Waals surface area contributed by atoms with Crippen molar-refractivity contribution in [2.75, 3.05) is 0 Å². The first-order chi connectivity index (χ1) is 18.3. The van der Waals surface area contributed by atoms with Crippen LogP contribution in [0.5, 0.6) is 11.5 Å². The Morgan fingerprint density at radius 2 is 1.64 bits per heavy atom. The maximum absolute atomic E-state index is 14.0. The van der Waals surface area contributed by atoms with E-state index in [0.29, 0.717) is 68.9 Å². The van der Waals surface area contributed by atoms with Crippen molar-refractivity contribution in [1.29, 1.82) is 0 Å². The zero-order valence-corrected chi connectivity index (χ0v) is 24.4. The number of halogens is 1. The number of allylic oxidation sites excluding steroid dienone is 1. The molecule has 0 aliphatic carbocycles. The van der Waals surface area contributed by atoms with Gasteiger partial charge in [0.15, 0.2) is 5.78 Å². The van der Waals surface area contributed by atoms with Crippen molar-refractivity contribution >= 4 is 11.9 Å². The molecule has 0 saturated heterocycles. The summed E-state index contributed by atoms with van der Waals surface area (Å²) in [7, 11) is 1.69. The highest BCUT2D eigenvalue weighted by molar-refractivity contribution is 6.00. The fourth-order valence-corrected chi connectivity index (χ4v) is 4.81. The van der Waals surface area contributed by atoms with Gasteiger partial charge in [0.05, 0.1) is 5.60 Å². The monoisotopic (exact) mass is 533 g/mol. The van der Waals surface area contributed by atoms with Crippen molar-refractivity contribution in [2.24, 2.45) is 7.05 Å². The van der Waals surface area contributed by atoms with Gasteiger partial charge in [0.2, 0.25) is 0 Å². The lowest BCUT2D eigenvalue weighted by Crippen LogP contribution is -2.21. The molecular weight excluding hydrogens is 493 g/mol. The second kappa shape index (κ2) is 12.1. The molecule has 3 rings (SSSR count). The number of aryl methyl sites for hydroxylation is 3.